The third-order valence-electron chi connectivity index (χ3n) is 3.61. The number of anilines is 1. The zero-order chi connectivity index (χ0) is 15.9. The molecule has 2 heterocycles. The molecule has 0 aliphatic rings. The molecule has 0 aliphatic heterocycles. The van der Waals surface area contributed by atoms with Crippen molar-refractivity contribution in [3.63, 3.8) is 0 Å². The Morgan fingerprint density at radius 1 is 0.913 bits per heavy atom. The summed E-state index contributed by atoms with van der Waals surface area (Å²) in [7, 11) is 0. The van der Waals surface area contributed by atoms with Gasteiger partial charge in [-0.3, -0.25) is 4.98 Å². The maximum atomic E-state index is 6.20. The third-order valence-corrected chi connectivity index (χ3v) is 3.61. The lowest BCUT2D eigenvalue weighted by Crippen LogP contribution is -2.31. The Morgan fingerprint density at radius 2 is 1.74 bits per heavy atom. The molecule has 0 spiro atoms. The van der Waals surface area contributed by atoms with Gasteiger partial charge in [0.1, 0.15) is 5.82 Å². The van der Waals surface area contributed by atoms with Crippen LogP contribution in [0, 0.1) is 0 Å². The molecule has 3 aromatic rings. The summed E-state index contributed by atoms with van der Waals surface area (Å²) in [5.74, 6) is 0.816. The van der Waals surface area contributed by atoms with Gasteiger partial charge in [0.15, 0.2) is 0 Å². The lowest BCUT2D eigenvalue weighted by atomic mass is 10.1. The highest BCUT2D eigenvalue weighted by Crippen LogP contribution is 2.18. The monoisotopic (exact) mass is 304 g/mol. The van der Waals surface area contributed by atoms with Crippen LogP contribution >= 0.6 is 0 Å². The van der Waals surface area contributed by atoms with Gasteiger partial charge >= 0.3 is 0 Å². The van der Waals surface area contributed by atoms with Crippen molar-refractivity contribution in [3.8, 4) is 11.3 Å². The minimum atomic E-state index is 0.0395. The smallest absolute Gasteiger partial charge is 0.126 e. The summed E-state index contributed by atoms with van der Waals surface area (Å²) in [6, 6.07) is 20.1. The van der Waals surface area contributed by atoms with E-state index >= 15 is 0 Å². The van der Waals surface area contributed by atoms with Gasteiger partial charge in [-0.25, -0.2) is 4.98 Å². The van der Waals surface area contributed by atoms with E-state index < -0.39 is 0 Å². The van der Waals surface area contributed by atoms with E-state index in [1.165, 1.54) is 5.56 Å². The standard InChI is InChI=1S/C19H20N4/c20-17(12-15-6-2-1-3-7-15)14-23-19-13-16(9-11-22-19)18-8-4-5-10-21-18/h1-11,13,17H,12,14,20H2,(H,22,23)/t17-/m1/s1. The number of hydrogen-bond donors (Lipinski definition) is 2. The van der Waals surface area contributed by atoms with Crippen LogP contribution in [0.3, 0.4) is 0 Å². The molecule has 3 rings (SSSR count). The van der Waals surface area contributed by atoms with Gasteiger partial charge in [0.2, 0.25) is 0 Å². The molecule has 0 amide bonds. The van der Waals surface area contributed by atoms with Gasteiger partial charge < -0.3 is 11.1 Å². The molecule has 4 nitrogen and oxygen atoms in total. The van der Waals surface area contributed by atoms with Crippen LogP contribution in [0.15, 0.2) is 73.1 Å². The third kappa shape index (κ3) is 4.37. The van der Waals surface area contributed by atoms with Crippen molar-refractivity contribution in [1.82, 2.24) is 9.97 Å². The minimum Gasteiger partial charge on any atom is -0.368 e. The highest BCUT2D eigenvalue weighted by atomic mass is 15.0. The fourth-order valence-corrected chi connectivity index (χ4v) is 2.44. The molecule has 0 radical (unpaired) electrons. The van der Waals surface area contributed by atoms with Crippen LogP contribution in [-0.2, 0) is 6.42 Å². The van der Waals surface area contributed by atoms with E-state index in [2.05, 4.69) is 27.4 Å². The van der Waals surface area contributed by atoms with Crippen LogP contribution in [0.4, 0.5) is 5.82 Å². The van der Waals surface area contributed by atoms with Crippen LogP contribution in [-0.4, -0.2) is 22.6 Å². The molecule has 4 heteroatoms. The van der Waals surface area contributed by atoms with E-state index in [1.807, 2.05) is 48.5 Å². The fraction of sp³-hybridized carbons (Fsp3) is 0.158. The largest absolute Gasteiger partial charge is 0.368 e. The van der Waals surface area contributed by atoms with Gasteiger partial charge in [0, 0.05) is 30.5 Å². The summed E-state index contributed by atoms with van der Waals surface area (Å²) >= 11 is 0. The number of nitrogens with two attached hydrogens (primary N) is 1. The SMILES string of the molecule is N[C@@H](CNc1cc(-c2ccccn2)ccn1)Cc1ccccc1. The second-order valence-electron chi connectivity index (χ2n) is 5.48. The van der Waals surface area contributed by atoms with E-state index in [9.17, 15) is 0 Å². The highest BCUT2D eigenvalue weighted by Gasteiger charge is 2.05. The van der Waals surface area contributed by atoms with Crippen molar-refractivity contribution in [2.75, 3.05) is 11.9 Å². The molecular weight excluding hydrogens is 284 g/mol. The number of nitrogens with zero attached hydrogens (tertiary/aromatic N) is 2. The Kier molecular flexibility index (Phi) is 4.96. The molecule has 0 fully saturated rings. The van der Waals surface area contributed by atoms with E-state index in [0.29, 0.717) is 6.54 Å². The first kappa shape index (κ1) is 15.2. The van der Waals surface area contributed by atoms with Crippen LogP contribution in [0.25, 0.3) is 11.3 Å². The topological polar surface area (TPSA) is 63.8 Å². The molecule has 1 aromatic carbocycles. The second kappa shape index (κ2) is 7.51. The van der Waals surface area contributed by atoms with Crippen LogP contribution < -0.4 is 11.1 Å². The molecule has 2 aromatic heterocycles. The molecule has 0 aliphatic carbocycles. The van der Waals surface area contributed by atoms with E-state index in [4.69, 9.17) is 5.73 Å². The number of benzene rings is 1. The van der Waals surface area contributed by atoms with Crippen molar-refractivity contribution in [3.05, 3.63) is 78.6 Å². The molecule has 1 atom stereocenters. The summed E-state index contributed by atoms with van der Waals surface area (Å²) in [6.45, 7) is 0.674. The molecule has 0 bridgehead atoms. The first-order valence-electron chi connectivity index (χ1n) is 7.72. The first-order chi connectivity index (χ1) is 11.3. The molecule has 116 valence electrons. The van der Waals surface area contributed by atoms with E-state index in [0.717, 1.165) is 23.5 Å². The number of hydrogen-bond acceptors (Lipinski definition) is 4. The van der Waals surface area contributed by atoms with Gasteiger partial charge in [0.25, 0.3) is 0 Å². The Balaban J connectivity index is 1.60. The number of aromatic nitrogens is 2. The molecule has 3 N–H and O–H groups in total. The van der Waals surface area contributed by atoms with Gasteiger partial charge in [-0.2, -0.15) is 0 Å². The normalized spacial score (nSPS) is 11.9. The van der Waals surface area contributed by atoms with Crippen LogP contribution in [0.2, 0.25) is 0 Å². The Morgan fingerprint density at radius 3 is 2.52 bits per heavy atom. The number of nitrogens with one attached hydrogen (secondary N) is 1. The zero-order valence-corrected chi connectivity index (χ0v) is 12.9. The zero-order valence-electron chi connectivity index (χ0n) is 12.9. The predicted molar refractivity (Wildman–Crippen MR) is 94.1 cm³/mol. The van der Waals surface area contributed by atoms with Crippen molar-refractivity contribution < 1.29 is 0 Å². The predicted octanol–water partition coefficient (Wildman–Crippen LogP) is 3.13. The van der Waals surface area contributed by atoms with Gasteiger partial charge in [-0.1, -0.05) is 36.4 Å². The summed E-state index contributed by atoms with van der Waals surface area (Å²) in [5.41, 5.74) is 9.43. The molecular formula is C19H20N4. The lowest BCUT2D eigenvalue weighted by molar-refractivity contribution is 0.698. The van der Waals surface area contributed by atoms with Crippen molar-refractivity contribution >= 4 is 5.82 Å². The second-order valence-corrected chi connectivity index (χ2v) is 5.48. The number of rotatable bonds is 6. The fourth-order valence-electron chi connectivity index (χ4n) is 2.44. The number of pyridine rings is 2. The summed E-state index contributed by atoms with van der Waals surface area (Å²) < 4.78 is 0. The molecule has 0 unspecified atom stereocenters. The van der Waals surface area contributed by atoms with Crippen molar-refractivity contribution in [2.24, 2.45) is 5.73 Å². The Hall–Kier alpha value is -2.72. The van der Waals surface area contributed by atoms with Crippen LogP contribution in [0.5, 0.6) is 0 Å². The molecule has 0 saturated heterocycles. The maximum absolute atomic E-state index is 6.20. The van der Waals surface area contributed by atoms with Crippen LogP contribution in [0.1, 0.15) is 5.56 Å². The van der Waals surface area contributed by atoms with Gasteiger partial charge in [0.05, 0.1) is 5.69 Å². The lowest BCUT2D eigenvalue weighted by Gasteiger charge is -2.13. The van der Waals surface area contributed by atoms with Crippen molar-refractivity contribution in [1.29, 1.82) is 0 Å². The Labute approximate surface area is 136 Å². The van der Waals surface area contributed by atoms with E-state index in [1.54, 1.807) is 12.4 Å². The summed E-state index contributed by atoms with van der Waals surface area (Å²) in [4.78, 5) is 8.71. The summed E-state index contributed by atoms with van der Waals surface area (Å²) in [6.07, 6.45) is 4.42. The first-order valence-corrected chi connectivity index (χ1v) is 7.72. The average molecular weight is 304 g/mol. The average Bonchev–Trinajstić information content (AvgIpc) is 2.62. The molecule has 23 heavy (non-hydrogen) atoms. The van der Waals surface area contributed by atoms with E-state index in [-0.39, 0.29) is 6.04 Å². The van der Waals surface area contributed by atoms with Gasteiger partial charge in [-0.05, 0) is 36.2 Å². The molecule has 0 saturated carbocycles. The summed E-state index contributed by atoms with van der Waals surface area (Å²) in [5, 5.41) is 3.31. The highest BCUT2D eigenvalue weighted by molar-refractivity contribution is 5.62. The van der Waals surface area contributed by atoms with Crippen molar-refractivity contribution in [2.45, 2.75) is 12.5 Å². The minimum absolute atomic E-state index is 0.0395. The van der Waals surface area contributed by atoms with Gasteiger partial charge in [-0.15, -0.1) is 0 Å². The maximum Gasteiger partial charge on any atom is 0.126 e. The Bertz CT molecular complexity index is 729. The quantitative estimate of drug-likeness (QED) is 0.734.